The lowest BCUT2D eigenvalue weighted by molar-refractivity contribution is -0.125. The van der Waals surface area contributed by atoms with Crippen LogP contribution in [0.1, 0.15) is 12.8 Å². The second-order valence-corrected chi connectivity index (χ2v) is 2.37. The molecule has 1 saturated heterocycles. The molecule has 0 spiro atoms. The Balaban J connectivity index is 2.42. The number of nitrogens with one attached hydrogen (secondary N) is 2. The van der Waals surface area contributed by atoms with Crippen LogP contribution in [-0.4, -0.2) is 17.9 Å². The maximum absolute atomic E-state index is 11.0. The topological polar surface area (TPSA) is 58.2 Å². The molecular weight excluding hydrogens is 144 g/mol. The Morgan fingerprint density at radius 1 is 1.82 bits per heavy atom. The summed E-state index contributed by atoms with van der Waals surface area (Å²) < 4.78 is 0. The molecule has 0 unspecified atom stereocenters. The maximum atomic E-state index is 11.0. The third kappa shape index (κ3) is 1.80. The minimum Gasteiger partial charge on any atom is -0.344 e. The third-order valence-corrected chi connectivity index (χ3v) is 1.56. The van der Waals surface area contributed by atoms with E-state index in [0.717, 1.165) is 0 Å². The van der Waals surface area contributed by atoms with E-state index in [1.165, 1.54) is 6.20 Å². The van der Waals surface area contributed by atoms with Gasteiger partial charge in [-0.2, -0.15) is 0 Å². The number of carbonyl (C=O) groups excluding carboxylic acids is 2. The van der Waals surface area contributed by atoms with E-state index in [2.05, 4.69) is 17.2 Å². The third-order valence-electron chi connectivity index (χ3n) is 1.56. The number of carbonyl (C=O) groups is 2. The molecule has 2 amide bonds. The average Bonchev–Trinajstić information content (AvgIpc) is 2.36. The second-order valence-electron chi connectivity index (χ2n) is 2.37. The largest absolute Gasteiger partial charge is 0.344 e. The van der Waals surface area contributed by atoms with Crippen LogP contribution in [0.2, 0.25) is 0 Å². The molecule has 2 N–H and O–H groups in total. The van der Waals surface area contributed by atoms with Crippen molar-refractivity contribution in [2.45, 2.75) is 18.9 Å². The van der Waals surface area contributed by atoms with Crippen molar-refractivity contribution < 1.29 is 9.59 Å². The minimum absolute atomic E-state index is 0.0609. The molecular formula is C7H10N2O2. The van der Waals surface area contributed by atoms with Gasteiger partial charge < -0.3 is 10.6 Å². The van der Waals surface area contributed by atoms with Crippen LogP contribution in [0, 0.1) is 0 Å². The van der Waals surface area contributed by atoms with Crippen LogP contribution < -0.4 is 10.6 Å². The highest BCUT2D eigenvalue weighted by atomic mass is 16.2. The van der Waals surface area contributed by atoms with Crippen LogP contribution in [-0.2, 0) is 9.59 Å². The van der Waals surface area contributed by atoms with Gasteiger partial charge in [-0.05, 0) is 12.6 Å². The molecule has 0 aromatic rings. The lowest BCUT2D eigenvalue weighted by Gasteiger charge is -2.06. The van der Waals surface area contributed by atoms with Crippen molar-refractivity contribution in [2.75, 3.05) is 0 Å². The predicted octanol–water partition coefficient (Wildman–Crippen LogP) is -0.475. The van der Waals surface area contributed by atoms with Crippen LogP contribution in [0.4, 0.5) is 0 Å². The highest BCUT2D eigenvalue weighted by molar-refractivity contribution is 5.91. The van der Waals surface area contributed by atoms with Gasteiger partial charge in [-0.1, -0.05) is 6.58 Å². The molecule has 1 heterocycles. The van der Waals surface area contributed by atoms with E-state index in [-0.39, 0.29) is 17.9 Å². The molecule has 1 rings (SSSR count). The Morgan fingerprint density at radius 2 is 2.55 bits per heavy atom. The van der Waals surface area contributed by atoms with Crippen LogP contribution in [0.15, 0.2) is 12.8 Å². The Hall–Kier alpha value is -1.32. The van der Waals surface area contributed by atoms with Gasteiger partial charge >= 0.3 is 0 Å². The van der Waals surface area contributed by atoms with Crippen LogP contribution in [0.3, 0.4) is 0 Å². The molecule has 60 valence electrons. The van der Waals surface area contributed by atoms with Crippen molar-refractivity contribution in [1.82, 2.24) is 10.6 Å². The second kappa shape index (κ2) is 3.18. The summed E-state index contributed by atoms with van der Waals surface area (Å²) in [6, 6.07) is -0.361. The predicted molar refractivity (Wildman–Crippen MR) is 39.5 cm³/mol. The van der Waals surface area contributed by atoms with Gasteiger partial charge in [-0.15, -0.1) is 0 Å². The molecule has 0 aliphatic carbocycles. The average molecular weight is 154 g/mol. The van der Waals surface area contributed by atoms with Crippen molar-refractivity contribution in [3.63, 3.8) is 0 Å². The first-order valence-electron chi connectivity index (χ1n) is 3.44. The van der Waals surface area contributed by atoms with Gasteiger partial charge in [-0.3, -0.25) is 9.59 Å². The number of hydrogen-bond acceptors (Lipinski definition) is 2. The molecule has 0 bridgehead atoms. The highest BCUT2D eigenvalue weighted by Crippen LogP contribution is 2.05. The van der Waals surface area contributed by atoms with Gasteiger partial charge in [0.25, 0.3) is 0 Å². The number of hydrogen-bond donors (Lipinski definition) is 2. The van der Waals surface area contributed by atoms with Crippen molar-refractivity contribution in [1.29, 1.82) is 0 Å². The Morgan fingerprint density at radius 3 is 3.00 bits per heavy atom. The summed E-state index contributed by atoms with van der Waals surface area (Å²) in [6.45, 7) is 3.35. The molecule has 1 aliphatic heterocycles. The molecule has 0 saturated carbocycles. The summed E-state index contributed by atoms with van der Waals surface area (Å²) in [7, 11) is 0. The number of amides is 2. The molecule has 0 aromatic heterocycles. The van der Waals surface area contributed by atoms with Crippen LogP contribution in [0.5, 0.6) is 0 Å². The van der Waals surface area contributed by atoms with Gasteiger partial charge in [0.15, 0.2) is 0 Å². The van der Waals surface area contributed by atoms with E-state index in [1.54, 1.807) is 0 Å². The zero-order valence-electron chi connectivity index (χ0n) is 6.09. The van der Waals surface area contributed by atoms with Gasteiger partial charge in [0.05, 0.1) is 0 Å². The molecule has 1 aliphatic rings. The van der Waals surface area contributed by atoms with Gasteiger partial charge in [0.1, 0.15) is 6.04 Å². The Labute approximate surface area is 64.7 Å². The first kappa shape index (κ1) is 7.78. The van der Waals surface area contributed by atoms with E-state index in [9.17, 15) is 9.59 Å². The van der Waals surface area contributed by atoms with Crippen molar-refractivity contribution in [3.8, 4) is 0 Å². The van der Waals surface area contributed by atoms with Crippen molar-refractivity contribution in [3.05, 3.63) is 12.8 Å². The normalized spacial score (nSPS) is 22.5. The van der Waals surface area contributed by atoms with Gasteiger partial charge in [0, 0.05) is 6.42 Å². The quantitative estimate of drug-likeness (QED) is 0.564. The Bertz CT molecular complexity index is 201. The fourth-order valence-corrected chi connectivity index (χ4v) is 1.01. The molecule has 4 nitrogen and oxygen atoms in total. The molecule has 1 atom stereocenters. The summed E-state index contributed by atoms with van der Waals surface area (Å²) in [5.74, 6) is -0.250. The van der Waals surface area contributed by atoms with E-state index in [4.69, 9.17) is 0 Å². The van der Waals surface area contributed by atoms with Crippen LogP contribution >= 0.6 is 0 Å². The first-order chi connectivity index (χ1) is 5.24. The summed E-state index contributed by atoms with van der Waals surface area (Å²) >= 11 is 0. The first-order valence-corrected chi connectivity index (χ1v) is 3.44. The smallest absolute Gasteiger partial charge is 0.246 e. The number of rotatable bonds is 2. The Kier molecular flexibility index (Phi) is 2.25. The SMILES string of the molecule is C=CNC(=O)[C@@H]1CCC(=O)N1. The molecule has 0 aromatic carbocycles. The lowest BCUT2D eigenvalue weighted by Crippen LogP contribution is -2.39. The molecule has 0 radical (unpaired) electrons. The highest BCUT2D eigenvalue weighted by Gasteiger charge is 2.26. The van der Waals surface area contributed by atoms with E-state index < -0.39 is 0 Å². The molecule has 11 heavy (non-hydrogen) atoms. The summed E-state index contributed by atoms with van der Waals surface area (Å²) in [5, 5.41) is 4.96. The minimum atomic E-state index is -0.361. The van der Waals surface area contributed by atoms with Gasteiger partial charge in [0.2, 0.25) is 11.8 Å². The monoisotopic (exact) mass is 154 g/mol. The lowest BCUT2D eigenvalue weighted by atomic mass is 10.2. The molecule has 4 heteroatoms. The van der Waals surface area contributed by atoms with E-state index in [0.29, 0.717) is 12.8 Å². The summed E-state index contributed by atoms with van der Waals surface area (Å²) in [4.78, 5) is 21.6. The van der Waals surface area contributed by atoms with E-state index in [1.807, 2.05) is 0 Å². The zero-order valence-corrected chi connectivity index (χ0v) is 6.09. The fourth-order valence-electron chi connectivity index (χ4n) is 1.01. The summed E-state index contributed by atoms with van der Waals surface area (Å²) in [6.07, 6.45) is 2.33. The standard InChI is InChI=1S/C7H10N2O2/c1-2-8-7(11)5-3-4-6(10)9-5/h2,5H,1,3-4H2,(H,8,11)(H,9,10)/t5-/m0/s1. The zero-order chi connectivity index (χ0) is 8.27. The molecule has 1 fully saturated rings. The maximum Gasteiger partial charge on any atom is 0.246 e. The van der Waals surface area contributed by atoms with Crippen molar-refractivity contribution >= 4 is 11.8 Å². The van der Waals surface area contributed by atoms with E-state index >= 15 is 0 Å². The van der Waals surface area contributed by atoms with Gasteiger partial charge in [-0.25, -0.2) is 0 Å². The fraction of sp³-hybridized carbons (Fsp3) is 0.429. The summed E-state index contributed by atoms with van der Waals surface area (Å²) in [5.41, 5.74) is 0. The van der Waals surface area contributed by atoms with Crippen LogP contribution in [0.25, 0.3) is 0 Å². The van der Waals surface area contributed by atoms with Crippen molar-refractivity contribution in [2.24, 2.45) is 0 Å².